The van der Waals surface area contributed by atoms with E-state index in [4.69, 9.17) is 37.4 Å². The first-order valence-electron chi connectivity index (χ1n) is 2.48. The Bertz CT molecular complexity index is 157. The molecular weight excluding hydrogens is 130 g/mol. The molecule has 0 bridgehead atoms. The molecule has 0 aromatic heterocycles. The quantitative estimate of drug-likeness (QED) is 0.286. The molecule has 0 rings (SSSR count). The molecule has 4 radical (unpaired) electrons. The zero-order valence-electron chi connectivity index (χ0n) is 5.28. The average Bonchev–Trinajstić information content (AvgIpc) is 1.84. The van der Waals surface area contributed by atoms with Crippen LogP contribution in [0.1, 0.15) is 0 Å². The minimum atomic E-state index is -2.48. The Morgan fingerprint density at radius 1 is 1.40 bits per heavy atom. The van der Waals surface area contributed by atoms with E-state index in [1.54, 1.807) is 5.92 Å². The van der Waals surface area contributed by atoms with Crippen molar-refractivity contribution in [2.45, 2.75) is 11.0 Å². The highest BCUT2D eigenvalue weighted by molar-refractivity contribution is 6.40. The summed E-state index contributed by atoms with van der Waals surface area (Å²) >= 11 is 0. The van der Waals surface area contributed by atoms with Crippen molar-refractivity contribution in [3.05, 3.63) is 0 Å². The molecule has 0 heterocycles. The van der Waals surface area contributed by atoms with Crippen molar-refractivity contribution < 1.29 is 15.3 Å². The predicted molar refractivity (Wildman–Crippen MR) is 37.3 cm³/mol. The van der Waals surface area contributed by atoms with Crippen LogP contribution >= 0.6 is 0 Å². The maximum absolute atomic E-state index is 8.98. The van der Waals surface area contributed by atoms with E-state index >= 15 is 0 Å². The van der Waals surface area contributed by atoms with E-state index in [1.807, 2.05) is 0 Å². The van der Waals surface area contributed by atoms with E-state index < -0.39 is 17.6 Å². The van der Waals surface area contributed by atoms with Crippen LogP contribution in [0.3, 0.4) is 0 Å². The van der Waals surface area contributed by atoms with Gasteiger partial charge in [0.25, 0.3) is 0 Å². The van der Waals surface area contributed by atoms with E-state index in [0.29, 0.717) is 0 Å². The maximum Gasteiger partial charge on any atom is 0.159 e. The lowest BCUT2D eigenvalue weighted by Crippen LogP contribution is -2.57. The van der Waals surface area contributed by atoms with Crippen LogP contribution in [0.4, 0.5) is 0 Å². The summed E-state index contributed by atoms with van der Waals surface area (Å²) in [7, 11) is 9.63. The van der Waals surface area contributed by atoms with Crippen molar-refractivity contribution >= 4 is 15.7 Å². The summed E-state index contributed by atoms with van der Waals surface area (Å²) < 4.78 is 0. The zero-order valence-corrected chi connectivity index (χ0v) is 5.28. The Hall–Kier alpha value is -0.430. The third kappa shape index (κ3) is 1.54. The van der Waals surface area contributed by atoms with Crippen molar-refractivity contribution in [2.75, 3.05) is 6.61 Å². The Morgan fingerprint density at radius 3 is 1.80 bits per heavy atom. The normalized spacial score (nSPS) is 17.4. The fourth-order valence-electron chi connectivity index (χ4n) is 0.288. The van der Waals surface area contributed by atoms with Crippen molar-refractivity contribution in [1.29, 1.82) is 0 Å². The third-order valence-corrected chi connectivity index (χ3v) is 1.13. The highest BCUT2D eigenvalue weighted by Gasteiger charge is 2.38. The number of rotatable bonds is 2. The Morgan fingerprint density at radius 2 is 1.80 bits per heavy atom. The monoisotopic (exact) mass is 136 g/mol. The highest BCUT2D eigenvalue weighted by Crippen LogP contribution is 2.13. The van der Waals surface area contributed by atoms with E-state index in [2.05, 4.69) is 0 Å². The molecule has 0 saturated heterocycles. The van der Waals surface area contributed by atoms with Crippen molar-refractivity contribution in [1.82, 2.24) is 0 Å². The summed E-state index contributed by atoms with van der Waals surface area (Å²) in [4.78, 5) is 0. The lowest BCUT2D eigenvalue weighted by atomic mass is 9.56. The molecule has 0 aromatic carbocycles. The van der Waals surface area contributed by atoms with E-state index in [1.165, 1.54) is 0 Å². The molecule has 0 aromatic rings. The van der Waals surface area contributed by atoms with Crippen LogP contribution in [0.15, 0.2) is 0 Å². The van der Waals surface area contributed by atoms with Gasteiger partial charge in [-0.05, 0) is 0 Å². The minimum absolute atomic E-state index is 0.896. The molecule has 3 nitrogen and oxygen atoms in total. The molecule has 0 aliphatic rings. The van der Waals surface area contributed by atoms with Gasteiger partial charge < -0.3 is 15.3 Å². The van der Waals surface area contributed by atoms with Crippen molar-refractivity contribution in [3.8, 4) is 12.3 Å². The second-order valence-corrected chi connectivity index (χ2v) is 1.99. The Labute approximate surface area is 61.9 Å². The lowest BCUT2D eigenvalue weighted by Gasteiger charge is -2.33. The summed E-state index contributed by atoms with van der Waals surface area (Å²) in [6.07, 6.45) is 4.72. The molecule has 50 valence electrons. The smallest absolute Gasteiger partial charge is 0.159 e. The van der Waals surface area contributed by atoms with Gasteiger partial charge in [0.2, 0.25) is 0 Å². The van der Waals surface area contributed by atoms with E-state index in [9.17, 15) is 0 Å². The number of hydrogen-bond acceptors (Lipinski definition) is 3. The number of hydrogen-bond donors (Lipinski definition) is 3. The van der Waals surface area contributed by atoms with Gasteiger partial charge in [0.15, 0.2) is 5.60 Å². The Kier molecular flexibility index (Phi) is 2.55. The molecule has 0 aliphatic carbocycles. The minimum Gasteiger partial charge on any atom is -0.405 e. The van der Waals surface area contributed by atoms with Gasteiger partial charge in [0.05, 0.1) is 6.61 Å². The third-order valence-electron chi connectivity index (χ3n) is 1.13. The average molecular weight is 136 g/mol. The van der Waals surface area contributed by atoms with Gasteiger partial charge in [0, 0.05) is 5.40 Å². The van der Waals surface area contributed by atoms with Crippen LogP contribution < -0.4 is 0 Å². The summed E-state index contributed by atoms with van der Waals surface area (Å²) in [5.74, 6) is 1.67. The molecule has 0 spiro atoms. The van der Waals surface area contributed by atoms with Crippen molar-refractivity contribution in [3.63, 3.8) is 0 Å². The first-order valence-corrected chi connectivity index (χ1v) is 2.48. The number of aliphatic hydroxyl groups is 3. The second-order valence-electron chi connectivity index (χ2n) is 1.99. The maximum atomic E-state index is 8.98. The molecule has 0 saturated carbocycles. The number of terminal acetylenes is 1. The van der Waals surface area contributed by atoms with Crippen molar-refractivity contribution in [2.24, 2.45) is 0 Å². The summed E-state index contributed by atoms with van der Waals surface area (Å²) in [5.41, 5.74) is -2.28. The highest BCUT2D eigenvalue weighted by atomic mass is 16.4. The van der Waals surface area contributed by atoms with Crippen LogP contribution in [0, 0.1) is 12.3 Å². The van der Waals surface area contributed by atoms with Gasteiger partial charge >= 0.3 is 0 Å². The molecule has 0 fully saturated rings. The summed E-state index contributed by atoms with van der Waals surface area (Å²) in [5, 5.41) is 23.7. The van der Waals surface area contributed by atoms with Gasteiger partial charge in [0.1, 0.15) is 15.7 Å². The van der Waals surface area contributed by atoms with Gasteiger partial charge in [-0.3, -0.25) is 0 Å². The zero-order chi connectivity index (χ0) is 8.41. The molecule has 0 unspecified atom stereocenters. The molecule has 5 heteroatoms. The first-order chi connectivity index (χ1) is 4.37. The van der Waals surface area contributed by atoms with E-state index in [-0.39, 0.29) is 0 Å². The molecule has 0 aliphatic heterocycles. The molecule has 10 heavy (non-hydrogen) atoms. The first kappa shape index (κ1) is 9.57. The molecule has 1 atom stereocenters. The largest absolute Gasteiger partial charge is 0.405 e. The van der Waals surface area contributed by atoms with Crippen LogP contribution in [0.5, 0.6) is 0 Å². The van der Waals surface area contributed by atoms with Crippen LogP contribution in [-0.2, 0) is 0 Å². The van der Waals surface area contributed by atoms with Gasteiger partial charge in [-0.25, -0.2) is 0 Å². The van der Waals surface area contributed by atoms with Gasteiger partial charge in [-0.15, -0.1) is 6.42 Å². The summed E-state index contributed by atoms with van der Waals surface area (Å²) in [6, 6.07) is 0. The van der Waals surface area contributed by atoms with Gasteiger partial charge in [-0.2, -0.15) is 0 Å². The predicted octanol–water partition coefficient (Wildman–Crippen LogP) is -2.67. The fraction of sp³-hybridized carbons (Fsp3) is 0.600. The standard InChI is InChI=1S/C5H6B2O3/c1-2-4(9,3-8)5(6,7)10/h1,8-10H,3H2/t4-/m0/s1. The molecular formula is C5H6B2O3. The van der Waals surface area contributed by atoms with Crippen LogP contribution in [-0.4, -0.2) is 48.6 Å². The lowest BCUT2D eigenvalue weighted by molar-refractivity contribution is -0.0492. The number of aliphatic hydroxyl groups excluding tert-OH is 1. The fourth-order valence-corrected chi connectivity index (χ4v) is 0.288. The Balaban J connectivity index is 4.54. The van der Waals surface area contributed by atoms with E-state index in [0.717, 1.165) is 0 Å². The van der Waals surface area contributed by atoms with Gasteiger partial charge in [-0.1, -0.05) is 5.92 Å². The topological polar surface area (TPSA) is 60.7 Å². The summed E-state index contributed by atoms with van der Waals surface area (Å²) in [6.45, 7) is -0.896. The SMILES string of the molecule is [B]C([B])(O)[C@](O)(C#C)CO. The van der Waals surface area contributed by atoms with Crippen LogP contribution in [0.2, 0.25) is 0 Å². The van der Waals surface area contributed by atoms with Crippen LogP contribution in [0.25, 0.3) is 0 Å². The molecule has 0 amide bonds. The molecule has 3 N–H and O–H groups in total. The second kappa shape index (κ2) is 2.67.